The minimum Gasteiger partial charge on any atom is -0.383 e. The van der Waals surface area contributed by atoms with Crippen LogP contribution < -0.4 is 44.9 Å². The first kappa shape index (κ1) is 90.7. The lowest BCUT2D eigenvalue weighted by Gasteiger charge is -2.45. The fourth-order valence-electron chi connectivity index (χ4n) is 13.4. The summed E-state index contributed by atoms with van der Waals surface area (Å²) < 4.78 is 82.9. The van der Waals surface area contributed by atoms with E-state index in [0.717, 1.165) is 72.8 Å². The quantitative estimate of drug-likeness (QED) is 0.0641. The fraction of sp³-hybridized carbons (Fsp3) is 0.649. The van der Waals surface area contributed by atoms with Gasteiger partial charge in [0.1, 0.15) is 58.7 Å². The molecule has 7 aliphatic heterocycles. The number of ketones is 1. The number of fused-ring (bicyclic) bond motifs is 2. The van der Waals surface area contributed by atoms with E-state index in [0.29, 0.717) is 67.5 Å². The summed E-state index contributed by atoms with van der Waals surface area (Å²) in [6, 6.07) is 3.28. The molecule has 115 heavy (non-hydrogen) atoms. The average Bonchev–Trinajstić information content (AvgIpc) is 1.79. The topological polar surface area (TPSA) is 466 Å². The van der Waals surface area contributed by atoms with Crippen LogP contribution in [0.15, 0.2) is 69.9 Å². The number of carbonyl (C=O) groups is 2. The minimum atomic E-state index is -0.514. The standard InChI is InChI=1S/C15H25NO4.C14H19N5O.C11H15N5O3.C10H15N3O3.2C9H13N3O3S.C6H12O2/c1-9-6-14(20-11(9)8-19-5)16-10(2)15(3,4)12(17)7-13(16)18;1-9-16-13(18(2)3)12-14(17-9)19(8-15-12)10-5-6-11(7-10)20-4;1-6-9-10(15-11(12)14-6)16(5-13-9)7-3-18-8(19-7)4-17-2;1-15-6-7-2-3-9(16-7)13-5-4-8(11)12-10(13)14;1-5-3-12(8(13)11-7(5)10)6-4-16-9(14-2)15-6;1-14-4-8-15-7(5-16-8)12-3-2-6(10)11-9(12)13;1-5-3-6(7-2)8-4-5/h9-11,14H,6-8H2,1-5H3;5-6,8,10-11H,7H2,1-4H3;5,7-8H,3-4H2,1-2H3,(H2,12,14,15);4-5,7,9H,2-3,6H2,1H3,(H2,11,12,14);3,6,9H,4H2,1-2H3,(H2,10,11,13);2-3,7-8H,4-5H2,1H3,(H2,10,11,13);5-6H,3-4H2,1-2H3. The highest BCUT2D eigenvalue weighted by Crippen LogP contribution is 2.40. The molecule has 634 valence electrons. The van der Waals surface area contributed by atoms with Crippen LogP contribution in [-0.4, -0.2) is 254 Å². The Morgan fingerprint density at radius 1 is 0.591 bits per heavy atom. The molecule has 1 aliphatic carbocycles. The number of methoxy groups -OCH3 is 7. The maximum atomic E-state index is 12.3. The molecule has 39 nitrogen and oxygen atoms in total. The predicted octanol–water partition coefficient (Wildman–Crippen LogP) is 5.10. The lowest BCUT2D eigenvalue weighted by Crippen LogP contribution is -2.59. The van der Waals surface area contributed by atoms with Gasteiger partial charge >= 0.3 is 17.1 Å². The molecule has 1 amide bonds. The van der Waals surface area contributed by atoms with Crippen LogP contribution in [0.1, 0.15) is 121 Å². The van der Waals surface area contributed by atoms with Gasteiger partial charge in [0, 0.05) is 124 Å². The Kier molecular flexibility index (Phi) is 33.3. The molecule has 8 N–H and O–H groups in total. The maximum absolute atomic E-state index is 12.3. The number of nitrogen functional groups attached to an aromatic ring is 4. The second-order valence-electron chi connectivity index (χ2n) is 29.1. The molecule has 7 aromatic heterocycles. The largest absolute Gasteiger partial charge is 0.383 e. The number of Topliss-reactive ketones (excluding diaryl/α,β-unsaturated/α-hetero) is 1. The van der Waals surface area contributed by atoms with Crippen LogP contribution in [0.4, 0.5) is 29.2 Å². The van der Waals surface area contributed by atoms with E-state index in [2.05, 4.69) is 75.4 Å². The number of anilines is 5. The van der Waals surface area contributed by atoms with Crippen molar-refractivity contribution in [3.05, 3.63) is 104 Å². The maximum Gasteiger partial charge on any atom is 0.351 e. The van der Waals surface area contributed by atoms with Crippen molar-refractivity contribution in [1.82, 2.24) is 72.6 Å². The zero-order chi connectivity index (χ0) is 83.5. The fourth-order valence-corrected chi connectivity index (χ4v) is 15.4. The molecule has 7 saturated heterocycles. The van der Waals surface area contributed by atoms with Crippen molar-refractivity contribution in [1.29, 1.82) is 0 Å². The lowest BCUT2D eigenvalue weighted by atomic mass is 9.75. The van der Waals surface area contributed by atoms with Gasteiger partial charge < -0.3 is 104 Å². The van der Waals surface area contributed by atoms with Gasteiger partial charge in [0.2, 0.25) is 17.5 Å². The number of hydrogen-bond acceptors (Lipinski definition) is 35. The smallest absolute Gasteiger partial charge is 0.351 e. The van der Waals surface area contributed by atoms with Gasteiger partial charge in [-0.05, 0) is 70.9 Å². The van der Waals surface area contributed by atoms with Crippen molar-refractivity contribution in [2.75, 3.05) is 143 Å². The number of amides is 1. The number of aromatic nitrogens is 14. The van der Waals surface area contributed by atoms with E-state index >= 15 is 0 Å². The van der Waals surface area contributed by atoms with E-state index in [9.17, 15) is 24.0 Å². The Hall–Kier alpha value is -8.24. The number of nitrogens with two attached hydrogens (primary N) is 4. The number of carbonyl (C=O) groups excluding carboxylic acids is 2. The van der Waals surface area contributed by atoms with Crippen LogP contribution in [0.3, 0.4) is 0 Å². The molecule has 0 aromatic carbocycles. The molecular weight excluding hydrogens is 1540 g/mol. The molecule has 0 saturated carbocycles. The van der Waals surface area contributed by atoms with E-state index in [-0.39, 0.29) is 138 Å². The van der Waals surface area contributed by atoms with Crippen molar-refractivity contribution >= 4 is 86.8 Å². The third-order valence-corrected chi connectivity index (χ3v) is 22.2. The Balaban J connectivity index is 0.000000155. The molecule has 0 radical (unpaired) electrons. The average molecular weight is 1650 g/mol. The second kappa shape index (κ2) is 42.2. The molecule has 41 heteroatoms. The van der Waals surface area contributed by atoms with Crippen molar-refractivity contribution in [3.63, 3.8) is 0 Å². The van der Waals surface area contributed by atoms with Crippen LogP contribution in [0.5, 0.6) is 0 Å². The number of imidazole rings is 2. The Morgan fingerprint density at radius 2 is 1.23 bits per heavy atom. The van der Waals surface area contributed by atoms with E-state index < -0.39 is 11.1 Å². The first-order chi connectivity index (χ1) is 54.9. The van der Waals surface area contributed by atoms with Gasteiger partial charge in [-0.25, -0.2) is 39.3 Å². The highest BCUT2D eigenvalue weighted by atomic mass is 32.2. The summed E-state index contributed by atoms with van der Waals surface area (Å²) in [5.74, 6) is 4.85. The SMILES string of the molecule is COC1C=CC(n2cnc3c(N(C)C)nc(C)nc32)C1.COC1CC(C)CO1.COC1OC(n2cc(C)c(N)nc2=O)CS1.COCC1CCC(n2ccc(N)nc2=O)O1.COCC1OC(N2C(=O)CC(=O)C(C)(C)C2C)CC1C.COCC1OC(n2ccc(N)nc2=O)CS1.COCC1OCC(n2cnc3c(C)nc(N)nc32)O1. The number of allylic oxidation sites excluding steroid dienone is 1. The van der Waals surface area contributed by atoms with Gasteiger partial charge in [-0.2, -0.15) is 19.9 Å². The third kappa shape index (κ3) is 23.6. The summed E-state index contributed by atoms with van der Waals surface area (Å²) in [6.45, 7) is 18.8. The highest BCUT2D eigenvalue weighted by molar-refractivity contribution is 8.00. The first-order valence-corrected chi connectivity index (χ1v) is 39.7. The lowest BCUT2D eigenvalue weighted by molar-refractivity contribution is -0.168. The van der Waals surface area contributed by atoms with Crippen LogP contribution in [0.25, 0.3) is 22.3 Å². The van der Waals surface area contributed by atoms with Crippen molar-refractivity contribution in [3.8, 4) is 0 Å². The molecule has 8 aliphatic rings. The first-order valence-electron chi connectivity index (χ1n) is 37.6. The molecule has 16 atom stereocenters. The van der Waals surface area contributed by atoms with Gasteiger partial charge in [0.15, 0.2) is 47.7 Å². The van der Waals surface area contributed by atoms with Crippen LogP contribution in [0.2, 0.25) is 0 Å². The summed E-state index contributed by atoms with van der Waals surface area (Å²) in [5, 5.41) is 0. The van der Waals surface area contributed by atoms with Crippen molar-refractivity contribution < 1.29 is 75.9 Å². The van der Waals surface area contributed by atoms with Gasteiger partial charge in [-0.3, -0.25) is 27.9 Å². The van der Waals surface area contributed by atoms with Crippen molar-refractivity contribution in [2.24, 2.45) is 17.3 Å². The van der Waals surface area contributed by atoms with Gasteiger partial charge in [-0.15, -0.1) is 11.8 Å². The van der Waals surface area contributed by atoms with Gasteiger partial charge in [0.05, 0.1) is 88.8 Å². The molecule has 14 heterocycles. The monoisotopic (exact) mass is 1650 g/mol. The van der Waals surface area contributed by atoms with E-state index in [1.54, 1.807) is 115 Å². The van der Waals surface area contributed by atoms with Gasteiger partial charge in [0.25, 0.3) is 0 Å². The predicted molar refractivity (Wildman–Crippen MR) is 429 cm³/mol. The molecule has 0 bridgehead atoms. The Bertz CT molecular complexity index is 4470. The van der Waals surface area contributed by atoms with Gasteiger partial charge in [-0.1, -0.05) is 51.6 Å². The highest BCUT2D eigenvalue weighted by Gasteiger charge is 2.50. The summed E-state index contributed by atoms with van der Waals surface area (Å²) in [5.41, 5.74) is 24.6. The molecule has 0 spiro atoms. The normalized spacial score (nSPS) is 27.2. The van der Waals surface area contributed by atoms with E-state index in [1.807, 2.05) is 59.9 Å². The van der Waals surface area contributed by atoms with E-state index in [4.69, 9.17) is 89.3 Å². The zero-order valence-corrected chi connectivity index (χ0v) is 70.0. The Morgan fingerprint density at radius 3 is 1.84 bits per heavy atom. The number of likely N-dealkylation sites (tertiary alicyclic amines) is 1. The number of ether oxygens (including phenoxy) is 14. The van der Waals surface area contributed by atoms with Crippen LogP contribution in [0, 0.1) is 38.0 Å². The summed E-state index contributed by atoms with van der Waals surface area (Å²) in [6.07, 6.45) is 15.6. The third-order valence-electron chi connectivity index (χ3n) is 20.1. The number of rotatable bonds is 18. The number of aryl methyl sites for hydroxylation is 3. The van der Waals surface area contributed by atoms with Crippen LogP contribution >= 0.6 is 23.5 Å². The van der Waals surface area contributed by atoms with Crippen LogP contribution in [-0.2, 0) is 75.9 Å². The molecule has 16 unspecified atom stereocenters. The summed E-state index contributed by atoms with van der Waals surface area (Å²) in [4.78, 5) is 99.9. The number of thioether (sulfide) groups is 2. The number of nitrogens with zero attached hydrogens (tertiary/aromatic N) is 16. The second-order valence-corrected chi connectivity index (χ2v) is 31.3. The Labute approximate surface area is 675 Å². The minimum absolute atomic E-state index is 0.0134. The van der Waals surface area contributed by atoms with E-state index in [1.165, 1.54) is 25.5 Å². The number of hydrogen-bond donors (Lipinski definition) is 4. The molecular formula is C74H112N20O19S2. The zero-order valence-electron chi connectivity index (χ0n) is 68.4. The summed E-state index contributed by atoms with van der Waals surface area (Å²) >= 11 is 3.12. The summed E-state index contributed by atoms with van der Waals surface area (Å²) in [7, 11) is 15.4. The molecule has 7 fully saturated rings. The van der Waals surface area contributed by atoms with Crippen molar-refractivity contribution in [2.45, 2.75) is 179 Å². The number of piperidine rings is 1. The molecule has 7 aromatic rings. The molecule has 15 rings (SSSR count).